The third-order valence-corrected chi connectivity index (χ3v) is 7.02. The lowest BCUT2D eigenvalue weighted by molar-refractivity contribution is -0.134. The average Bonchev–Trinajstić information content (AvgIpc) is 2.93. The standard InChI is InChI=1S/C20H20N2O2S.C4H4O4/c23-20(22-13-12-21-10-8-14(22)9-11-21)24-17-6-3-5-16-15-4-1-2-7-18(15)25-19(16)17;5-3(6)1-2-4(7)8/h1-7,14H,8-13H2;1-2H,(H,5,6)(H,7,8)/b;2-1+. The van der Waals surface area contributed by atoms with Crippen LogP contribution in [-0.4, -0.2) is 70.3 Å². The number of carboxylic acids is 2. The second kappa shape index (κ2) is 10.0. The van der Waals surface area contributed by atoms with Crippen LogP contribution in [0.2, 0.25) is 0 Å². The van der Waals surface area contributed by atoms with Gasteiger partial charge in [0.05, 0.1) is 4.70 Å². The molecule has 6 rings (SSSR count). The van der Waals surface area contributed by atoms with Crippen molar-refractivity contribution in [2.45, 2.75) is 18.9 Å². The number of carbonyl (C=O) groups excluding carboxylic acids is 1. The summed E-state index contributed by atoms with van der Waals surface area (Å²) in [5, 5.41) is 18.0. The van der Waals surface area contributed by atoms with Crippen LogP contribution in [0.25, 0.3) is 20.2 Å². The number of nitrogens with zero attached hydrogens (tertiary/aromatic N) is 2. The maximum atomic E-state index is 12.9. The number of piperidine rings is 1. The number of hydrogen-bond donors (Lipinski definition) is 2. The summed E-state index contributed by atoms with van der Waals surface area (Å²) < 4.78 is 8.16. The van der Waals surface area contributed by atoms with Crippen molar-refractivity contribution in [3.8, 4) is 5.75 Å². The van der Waals surface area contributed by atoms with Gasteiger partial charge in [0.1, 0.15) is 0 Å². The number of amides is 1. The SMILES string of the molecule is O=C(O)/C=C/C(=O)O.O=C(Oc1cccc2c1sc1ccccc12)N1CCN2CCC1CC2. The molecule has 0 atom stereocenters. The fourth-order valence-corrected chi connectivity index (χ4v) is 5.38. The van der Waals surface area contributed by atoms with Crippen molar-refractivity contribution < 1.29 is 29.3 Å². The van der Waals surface area contributed by atoms with Gasteiger partial charge >= 0.3 is 18.0 Å². The summed E-state index contributed by atoms with van der Waals surface area (Å²) >= 11 is 1.69. The van der Waals surface area contributed by atoms with Crippen molar-refractivity contribution in [3.63, 3.8) is 0 Å². The monoisotopic (exact) mass is 468 g/mol. The second-order valence-corrected chi connectivity index (χ2v) is 8.93. The van der Waals surface area contributed by atoms with Gasteiger partial charge in [-0.3, -0.25) is 0 Å². The lowest BCUT2D eigenvalue weighted by Gasteiger charge is -2.30. The van der Waals surface area contributed by atoms with E-state index in [1.54, 1.807) is 11.3 Å². The minimum Gasteiger partial charge on any atom is -0.478 e. The predicted molar refractivity (Wildman–Crippen MR) is 126 cm³/mol. The number of ether oxygens (including phenoxy) is 1. The molecule has 3 saturated heterocycles. The number of hydrogen-bond acceptors (Lipinski definition) is 6. The molecular formula is C24H24N2O6S. The van der Waals surface area contributed by atoms with Gasteiger partial charge in [-0.05, 0) is 25.0 Å². The molecule has 172 valence electrons. The Hall–Kier alpha value is -3.43. The molecule has 3 fully saturated rings. The van der Waals surface area contributed by atoms with Gasteiger partial charge in [-0.25, -0.2) is 14.4 Å². The lowest BCUT2D eigenvalue weighted by Crippen LogP contribution is -2.43. The molecule has 2 aromatic carbocycles. The molecule has 9 heteroatoms. The van der Waals surface area contributed by atoms with Crippen molar-refractivity contribution >= 4 is 49.5 Å². The van der Waals surface area contributed by atoms with Gasteiger partial charge in [0.15, 0.2) is 5.75 Å². The van der Waals surface area contributed by atoms with Crippen molar-refractivity contribution in [1.29, 1.82) is 0 Å². The predicted octanol–water partition coefficient (Wildman–Crippen LogP) is 4.05. The van der Waals surface area contributed by atoms with E-state index >= 15 is 0 Å². The van der Waals surface area contributed by atoms with Gasteiger partial charge in [0.2, 0.25) is 0 Å². The van der Waals surface area contributed by atoms with Crippen LogP contribution in [-0.2, 0) is 9.59 Å². The Morgan fingerprint density at radius 2 is 1.55 bits per heavy atom. The van der Waals surface area contributed by atoms with Crippen LogP contribution in [0.3, 0.4) is 0 Å². The molecule has 1 amide bonds. The third-order valence-electron chi connectivity index (χ3n) is 5.82. The van der Waals surface area contributed by atoms with Crippen LogP contribution in [0.15, 0.2) is 54.6 Å². The maximum absolute atomic E-state index is 12.9. The Labute approximate surface area is 194 Å². The number of carbonyl (C=O) groups is 3. The van der Waals surface area contributed by atoms with Gasteiger partial charge in [0.25, 0.3) is 0 Å². The molecule has 33 heavy (non-hydrogen) atoms. The van der Waals surface area contributed by atoms with Crippen LogP contribution >= 0.6 is 11.3 Å². The Morgan fingerprint density at radius 1 is 0.879 bits per heavy atom. The maximum Gasteiger partial charge on any atom is 0.415 e. The second-order valence-electron chi connectivity index (χ2n) is 7.88. The highest BCUT2D eigenvalue weighted by Gasteiger charge is 2.33. The van der Waals surface area contributed by atoms with Gasteiger partial charge < -0.3 is 24.7 Å². The van der Waals surface area contributed by atoms with Gasteiger partial charge in [-0.15, -0.1) is 11.3 Å². The molecule has 1 aromatic heterocycles. The van der Waals surface area contributed by atoms with E-state index in [0.29, 0.717) is 23.9 Å². The minimum absolute atomic E-state index is 0.196. The number of aliphatic carboxylic acids is 2. The van der Waals surface area contributed by atoms with E-state index in [2.05, 4.69) is 29.2 Å². The average molecular weight is 469 g/mol. The van der Waals surface area contributed by atoms with Crippen LogP contribution in [0.5, 0.6) is 5.75 Å². The first-order chi connectivity index (χ1) is 15.9. The number of rotatable bonds is 3. The Balaban J connectivity index is 0.000000281. The first kappa shape index (κ1) is 22.8. The molecular weight excluding hydrogens is 444 g/mol. The molecule has 3 aromatic rings. The topological polar surface area (TPSA) is 107 Å². The van der Waals surface area contributed by atoms with Gasteiger partial charge in [0, 0.05) is 59.8 Å². The molecule has 0 spiro atoms. The van der Waals surface area contributed by atoms with Crippen LogP contribution < -0.4 is 4.74 Å². The number of fused-ring (bicyclic) bond motifs is 7. The summed E-state index contributed by atoms with van der Waals surface area (Å²) in [5.41, 5.74) is 0. The molecule has 2 N–H and O–H groups in total. The fraction of sp³-hybridized carbons (Fsp3) is 0.292. The van der Waals surface area contributed by atoms with Crippen molar-refractivity contribution in [1.82, 2.24) is 9.80 Å². The highest BCUT2D eigenvalue weighted by Crippen LogP contribution is 2.39. The van der Waals surface area contributed by atoms with E-state index in [4.69, 9.17) is 14.9 Å². The van der Waals surface area contributed by atoms with E-state index in [1.807, 2.05) is 23.1 Å². The Morgan fingerprint density at radius 3 is 2.24 bits per heavy atom. The minimum atomic E-state index is -1.26. The quantitative estimate of drug-likeness (QED) is 0.559. The Kier molecular flexibility index (Phi) is 6.90. The van der Waals surface area contributed by atoms with Crippen LogP contribution in [0.1, 0.15) is 12.8 Å². The van der Waals surface area contributed by atoms with Gasteiger partial charge in [-0.2, -0.15) is 0 Å². The molecule has 2 bridgehead atoms. The summed E-state index contributed by atoms with van der Waals surface area (Å²) in [6, 6.07) is 14.7. The first-order valence-electron chi connectivity index (χ1n) is 10.7. The van der Waals surface area contributed by atoms with E-state index in [-0.39, 0.29) is 6.09 Å². The molecule has 0 radical (unpaired) electrons. The molecule has 4 heterocycles. The zero-order chi connectivity index (χ0) is 23.4. The Bertz CT molecular complexity index is 1200. The smallest absolute Gasteiger partial charge is 0.415 e. The number of carboxylic acid groups (broad SMARTS) is 2. The lowest BCUT2D eigenvalue weighted by atomic mass is 10.1. The van der Waals surface area contributed by atoms with Crippen LogP contribution in [0, 0.1) is 0 Å². The number of benzene rings is 2. The molecule has 3 aliphatic heterocycles. The summed E-state index contributed by atoms with van der Waals surface area (Å²) in [5.74, 6) is -1.83. The van der Waals surface area contributed by atoms with E-state index in [1.165, 1.54) is 10.1 Å². The summed E-state index contributed by atoms with van der Waals surface area (Å²) in [6.07, 6.45) is 3.04. The van der Waals surface area contributed by atoms with Crippen molar-refractivity contribution in [2.75, 3.05) is 26.2 Å². The van der Waals surface area contributed by atoms with Gasteiger partial charge in [-0.1, -0.05) is 30.3 Å². The third kappa shape index (κ3) is 5.32. The largest absolute Gasteiger partial charge is 0.478 e. The normalized spacial score (nSPS) is 19.8. The van der Waals surface area contributed by atoms with E-state index in [0.717, 1.165) is 49.1 Å². The van der Waals surface area contributed by atoms with Crippen molar-refractivity contribution in [2.24, 2.45) is 0 Å². The molecule has 0 saturated carbocycles. The molecule has 0 aliphatic carbocycles. The van der Waals surface area contributed by atoms with Crippen molar-refractivity contribution in [3.05, 3.63) is 54.6 Å². The molecule has 8 nitrogen and oxygen atoms in total. The van der Waals surface area contributed by atoms with E-state index in [9.17, 15) is 14.4 Å². The summed E-state index contributed by atoms with van der Waals surface area (Å²) in [7, 11) is 0. The summed E-state index contributed by atoms with van der Waals surface area (Å²) in [6.45, 7) is 3.92. The zero-order valence-electron chi connectivity index (χ0n) is 17.8. The summed E-state index contributed by atoms with van der Waals surface area (Å²) in [4.78, 5) is 36.3. The zero-order valence-corrected chi connectivity index (χ0v) is 18.7. The first-order valence-corrected chi connectivity index (χ1v) is 11.5. The highest BCUT2D eigenvalue weighted by atomic mass is 32.1. The number of thiophene rings is 1. The molecule has 3 aliphatic rings. The molecule has 0 unspecified atom stereocenters. The highest BCUT2D eigenvalue weighted by molar-refractivity contribution is 7.26. The van der Waals surface area contributed by atoms with Crippen LogP contribution in [0.4, 0.5) is 4.79 Å². The van der Waals surface area contributed by atoms with E-state index < -0.39 is 11.9 Å². The fourth-order valence-electron chi connectivity index (χ4n) is 4.22.